The Morgan fingerprint density at radius 3 is 1.70 bits per heavy atom. The molecule has 0 radical (unpaired) electrons. The Balaban J connectivity index is 4.11. The molecule has 0 heterocycles. The second-order valence-electron chi connectivity index (χ2n) is 9.63. The normalized spacial score (nSPS) is 13.7. The van der Waals surface area contributed by atoms with Crippen LogP contribution in [0, 0.1) is 0 Å². The number of phosphoric ester groups is 1. The summed E-state index contributed by atoms with van der Waals surface area (Å²) in [6, 6.07) is 0. The van der Waals surface area contributed by atoms with Crippen LogP contribution < -0.4 is 5.73 Å². The number of rotatable bonds is 27. The zero-order valence-corrected chi connectivity index (χ0v) is 24.4. The van der Waals surface area contributed by atoms with Crippen LogP contribution in [0.1, 0.15) is 129 Å². The Bertz CT molecular complexity index is 605. The molecule has 0 aromatic heterocycles. The number of phosphoric acid groups is 1. The molecule has 37 heavy (non-hydrogen) atoms. The molecule has 0 aliphatic heterocycles. The molecule has 220 valence electrons. The highest BCUT2D eigenvalue weighted by atomic mass is 31.2. The first-order valence-corrected chi connectivity index (χ1v) is 16.0. The van der Waals surface area contributed by atoms with Crippen LogP contribution in [-0.4, -0.2) is 49.3 Å². The summed E-state index contributed by atoms with van der Waals surface area (Å²) in [5, 5.41) is 0. The van der Waals surface area contributed by atoms with Gasteiger partial charge in [0.25, 0.3) is 0 Å². The van der Waals surface area contributed by atoms with Gasteiger partial charge in [-0.25, -0.2) is 4.57 Å². The van der Waals surface area contributed by atoms with Gasteiger partial charge in [0.15, 0.2) is 6.10 Å². The monoisotopic (exact) mass is 551 g/mol. The Morgan fingerprint density at radius 1 is 0.703 bits per heavy atom. The lowest BCUT2D eigenvalue weighted by Gasteiger charge is -2.19. The molecular formula is C27H54NO8P. The molecule has 3 N–H and O–H groups in total. The van der Waals surface area contributed by atoms with E-state index in [0.29, 0.717) is 6.42 Å². The number of unbranched alkanes of at least 4 members (excludes halogenated alkanes) is 14. The Hall–Kier alpha value is -0.990. The maximum absolute atomic E-state index is 12.1. The number of nitrogens with two attached hydrogens (primary N) is 1. The van der Waals surface area contributed by atoms with E-state index in [1.165, 1.54) is 64.2 Å². The molecule has 0 rings (SSSR count). The van der Waals surface area contributed by atoms with Crippen molar-refractivity contribution in [2.75, 3.05) is 26.4 Å². The van der Waals surface area contributed by atoms with E-state index in [4.69, 9.17) is 19.7 Å². The first-order valence-electron chi connectivity index (χ1n) is 14.5. The summed E-state index contributed by atoms with van der Waals surface area (Å²) >= 11 is 0. The van der Waals surface area contributed by atoms with Gasteiger partial charge in [-0.1, -0.05) is 104 Å². The number of hydrogen-bond acceptors (Lipinski definition) is 8. The van der Waals surface area contributed by atoms with E-state index in [0.717, 1.165) is 32.1 Å². The minimum atomic E-state index is -4.34. The molecule has 0 aromatic carbocycles. The molecule has 10 heteroatoms. The summed E-state index contributed by atoms with van der Waals surface area (Å²) in [6.45, 7) is 3.51. The lowest BCUT2D eigenvalue weighted by atomic mass is 10.0. The van der Waals surface area contributed by atoms with Crippen LogP contribution in [0.4, 0.5) is 0 Å². The van der Waals surface area contributed by atoms with Crippen LogP contribution in [0.5, 0.6) is 0 Å². The van der Waals surface area contributed by atoms with Gasteiger partial charge < -0.3 is 20.1 Å². The summed E-state index contributed by atoms with van der Waals surface area (Å²) < 4.78 is 32.0. The van der Waals surface area contributed by atoms with Crippen LogP contribution in [0.2, 0.25) is 0 Å². The van der Waals surface area contributed by atoms with Crippen molar-refractivity contribution in [3.05, 3.63) is 0 Å². The Labute approximate surface area is 225 Å². The summed E-state index contributed by atoms with van der Waals surface area (Å²) in [5.41, 5.74) is 5.27. The van der Waals surface area contributed by atoms with Crippen molar-refractivity contribution in [3.8, 4) is 0 Å². The third-order valence-electron chi connectivity index (χ3n) is 5.99. The number of ether oxygens (including phenoxy) is 2. The lowest BCUT2D eigenvalue weighted by molar-refractivity contribution is -0.161. The molecule has 0 aromatic rings. The smallest absolute Gasteiger partial charge is 0.462 e. The molecule has 9 nitrogen and oxygen atoms in total. The average Bonchev–Trinajstić information content (AvgIpc) is 2.87. The van der Waals surface area contributed by atoms with Gasteiger partial charge in [0.1, 0.15) is 6.61 Å². The fraction of sp³-hybridized carbons (Fsp3) is 0.926. The van der Waals surface area contributed by atoms with Gasteiger partial charge in [-0.15, -0.1) is 0 Å². The molecule has 2 atom stereocenters. The molecule has 0 amide bonds. The first kappa shape index (κ1) is 36.0. The van der Waals surface area contributed by atoms with Crippen LogP contribution in [0.15, 0.2) is 0 Å². The van der Waals surface area contributed by atoms with E-state index >= 15 is 0 Å². The van der Waals surface area contributed by atoms with Crippen LogP contribution >= 0.6 is 7.82 Å². The zero-order valence-electron chi connectivity index (χ0n) is 23.5. The highest BCUT2D eigenvalue weighted by molar-refractivity contribution is 7.47. The lowest BCUT2D eigenvalue weighted by Crippen LogP contribution is -2.29. The highest BCUT2D eigenvalue weighted by Crippen LogP contribution is 2.43. The number of carbonyl (C=O) groups is 2. The van der Waals surface area contributed by atoms with E-state index in [1.807, 2.05) is 6.92 Å². The molecule has 0 bridgehead atoms. The maximum atomic E-state index is 12.1. The van der Waals surface area contributed by atoms with E-state index in [2.05, 4.69) is 11.4 Å². The van der Waals surface area contributed by atoms with Crippen molar-refractivity contribution in [2.45, 2.75) is 136 Å². The van der Waals surface area contributed by atoms with Gasteiger partial charge in [0.05, 0.1) is 13.2 Å². The molecule has 0 saturated carbocycles. The topological polar surface area (TPSA) is 134 Å². The molecule has 0 spiro atoms. The quantitative estimate of drug-likeness (QED) is 0.0658. The molecule has 0 aliphatic rings. The number of carbonyl (C=O) groups excluding carboxylic acids is 2. The van der Waals surface area contributed by atoms with Gasteiger partial charge in [-0.2, -0.15) is 0 Å². The standard InChI is InChI=1S/C27H54NO8P/c1-3-5-7-8-9-10-11-12-13-14-15-16-18-19-26(29)33-23-25(36-27(30)20-17-6-4-2)24-35-37(31,32)34-22-21-28/h25H,3-24,28H2,1-2H3,(H,31,32)/t25-/m1/s1. The fourth-order valence-corrected chi connectivity index (χ4v) is 4.57. The van der Waals surface area contributed by atoms with Crippen molar-refractivity contribution in [1.29, 1.82) is 0 Å². The predicted octanol–water partition coefficient (Wildman–Crippen LogP) is 6.60. The van der Waals surface area contributed by atoms with Crippen LogP contribution in [0.3, 0.4) is 0 Å². The summed E-state index contributed by atoms with van der Waals surface area (Å²) in [4.78, 5) is 33.9. The predicted molar refractivity (Wildman–Crippen MR) is 146 cm³/mol. The van der Waals surface area contributed by atoms with Crippen LogP contribution in [-0.2, 0) is 32.7 Å². The molecule has 0 saturated heterocycles. The molecule has 0 aliphatic carbocycles. The van der Waals surface area contributed by atoms with E-state index < -0.39 is 26.5 Å². The van der Waals surface area contributed by atoms with Crippen molar-refractivity contribution < 1.29 is 37.6 Å². The average molecular weight is 552 g/mol. The largest absolute Gasteiger partial charge is 0.472 e. The molecular weight excluding hydrogens is 497 g/mol. The van der Waals surface area contributed by atoms with Crippen molar-refractivity contribution >= 4 is 19.8 Å². The minimum Gasteiger partial charge on any atom is -0.462 e. The maximum Gasteiger partial charge on any atom is 0.472 e. The highest BCUT2D eigenvalue weighted by Gasteiger charge is 2.25. The van der Waals surface area contributed by atoms with Gasteiger partial charge in [0, 0.05) is 19.4 Å². The van der Waals surface area contributed by atoms with Crippen molar-refractivity contribution in [2.24, 2.45) is 5.73 Å². The van der Waals surface area contributed by atoms with Gasteiger partial charge in [-0.3, -0.25) is 18.6 Å². The molecule has 1 unspecified atom stereocenters. The second kappa shape index (κ2) is 25.3. The van der Waals surface area contributed by atoms with Crippen molar-refractivity contribution in [1.82, 2.24) is 0 Å². The van der Waals surface area contributed by atoms with E-state index in [9.17, 15) is 19.0 Å². The number of esters is 2. The van der Waals surface area contributed by atoms with Gasteiger partial charge in [0.2, 0.25) is 0 Å². The Kier molecular flexibility index (Phi) is 24.6. The van der Waals surface area contributed by atoms with E-state index in [-0.39, 0.29) is 38.6 Å². The summed E-state index contributed by atoms with van der Waals surface area (Å²) in [6.07, 6.45) is 18.0. The summed E-state index contributed by atoms with van der Waals surface area (Å²) in [7, 11) is -4.34. The number of hydrogen-bond donors (Lipinski definition) is 2. The zero-order chi connectivity index (χ0) is 27.6. The SMILES string of the molecule is CCCCCCCCCCCCCCCC(=O)OC[C@H](COP(=O)(O)OCCN)OC(=O)CCCCC. The minimum absolute atomic E-state index is 0.0561. The van der Waals surface area contributed by atoms with Gasteiger partial charge in [-0.05, 0) is 12.8 Å². The summed E-state index contributed by atoms with van der Waals surface area (Å²) in [5.74, 6) is -0.855. The second-order valence-corrected chi connectivity index (χ2v) is 11.1. The van der Waals surface area contributed by atoms with E-state index in [1.54, 1.807) is 0 Å². The fourth-order valence-electron chi connectivity index (χ4n) is 3.81. The third-order valence-corrected chi connectivity index (χ3v) is 6.98. The molecule has 0 fully saturated rings. The van der Waals surface area contributed by atoms with Gasteiger partial charge >= 0.3 is 19.8 Å². The van der Waals surface area contributed by atoms with Crippen LogP contribution in [0.25, 0.3) is 0 Å². The first-order chi connectivity index (χ1) is 17.8. The third kappa shape index (κ3) is 25.1. The Morgan fingerprint density at radius 2 is 1.16 bits per heavy atom. The van der Waals surface area contributed by atoms with Crippen molar-refractivity contribution in [3.63, 3.8) is 0 Å².